The molecule has 0 saturated heterocycles. The summed E-state index contributed by atoms with van der Waals surface area (Å²) < 4.78 is 27.2. The minimum absolute atomic E-state index is 0.424. The standard InChI is InChI=1S/C15H8F2OS/c16-12-5-11-6-14(19-15(11)13(17)7-12)10-3-1-2-9(4-10)8-18/h1-8H. The van der Waals surface area contributed by atoms with Crippen molar-refractivity contribution in [3.05, 3.63) is 59.7 Å². The van der Waals surface area contributed by atoms with E-state index < -0.39 is 11.6 Å². The van der Waals surface area contributed by atoms with Crippen LogP contribution < -0.4 is 0 Å². The zero-order valence-corrected chi connectivity index (χ0v) is 10.5. The van der Waals surface area contributed by atoms with E-state index in [1.54, 1.807) is 24.3 Å². The van der Waals surface area contributed by atoms with E-state index in [4.69, 9.17) is 0 Å². The van der Waals surface area contributed by atoms with Crippen LogP contribution in [0.1, 0.15) is 10.4 Å². The molecule has 0 N–H and O–H groups in total. The fourth-order valence-electron chi connectivity index (χ4n) is 1.98. The van der Waals surface area contributed by atoms with Crippen molar-refractivity contribution in [3.63, 3.8) is 0 Å². The first-order valence-electron chi connectivity index (χ1n) is 5.61. The van der Waals surface area contributed by atoms with E-state index >= 15 is 0 Å². The Morgan fingerprint density at radius 3 is 2.68 bits per heavy atom. The molecular weight excluding hydrogens is 266 g/mol. The number of aldehydes is 1. The highest BCUT2D eigenvalue weighted by Crippen LogP contribution is 2.35. The molecule has 1 nitrogen and oxygen atoms in total. The number of hydrogen-bond donors (Lipinski definition) is 0. The van der Waals surface area contributed by atoms with Gasteiger partial charge in [0, 0.05) is 16.5 Å². The van der Waals surface area contributed by atoms with Crippen molar-refractivity contribution in [2.75, 3.05) is 0 Å². The molecule has 0 fully saturated rings. The third-order valence-corrected chi connectivity index (χ3v) is 4.05. The molecule has 0 spiro atoms. The van der Waals surface area contributed by atoms with E-state index in [2.05, 4.69) is 0 Å². The summed E-state index contributed by atoms with van der Waals surface area (Å²) in [5.74, 6) is -1.14. The smallest absolute Gasteiger partial charge is 0.150 e. The van der Waals surface area contributed by atoms with Crippen molar-refractivity contribution >= 4 is 27.7 Å². The average Bonchev–Trinajstić information content (AvgIpc) is 2.83. The van der Waals surface area contributed by atoms with Crippen LogP contribution in [0.15, 0.2) is 42.5 Å². The predicted octanol–water partition coefficient (Wildman–Crippen LogP) is 4.66. The second kappa shape index (κ2) is 4.55. The molecule has 0 atom stereocenters. The van der Waals surface area contributed by atoms with E-state index in [-0.39, 0.29) is 0 Å². The van der Waals surface area contributed by atoms with Crippen molar-refractivity contribution in [1.29, 1.82) is 0 Å². The molecule has 4 heteroatoms. The predicted molar refractivity (Wildman–Crippen MR) is 72.6 cm³/mol. The third-order valence-electron chi connectivity index (χ3n) is 2.84. The van der Waals surface area contributed by atoms with Gasteiger partial charge in [-0.1, -0.05) is 18.2 Å². The topological polar surface area (TPSA) is 17.1 Å². The zero-order valence-electron chi connectivity index (χ0n) is 9.69. The third kappa shape index (κ3) is 2.15. The highest BCUT2D eigenvalue weighted by atomic mass is 32.1. The number of hydrogen-bond acceptors (Lipinski definition) is 2. The molecule has 0 aliphatic heterocycles. The molecule has 3 rings (SSSR count). The summed E-state index contributed by atoms with van der Waals surface area (Å²) in [5.41, 5.74) is 1.38. The van der Waals surface area contributed by atoms with Crippen LogP contribution in [0.5, 0.6) is 0 Å². The summed E-state index contributed by atoms with van der Waals surface area (Å²) >= 11 is 1.25. The lowest BCUT2D eigenvalue weighted by molar-refractivity contribution is 0.112. The number of fused-ring (bicyclic) bond motifs is 1. The lowest BCUT2D eigenvalue weighted by Gasteiger charge is -1.97. The zero-order chi connectivity index (χ0) is 13.4. The minimum Gasteiger partial charge on any atom is -0.298 e. The van der Waals surface area contributed by atoms with Crippen LogP contribution in [-0.4, -0.2) is 6.29 Å². The van der Waals surface area contributed by atoms with Gasteiger partial charge in [-0.3, -0.25) is 4.79 Å². The largest absolute Gasteiger partial charge is 0.298 e. The molecule has 1 aromatic heterocycles. The van der Waals surface area contributed by atoms with Gasteiger partial charge in [-0.25, -0.2) is 8.78 Å². The average molecular weight is 274 g/mol. The fraction of sp³-hybridized carbons (Fsp3) is 0. The van der Waals surface area contributed by atoms with E-state index in [0.717, 1.165) is 22.8 Å². The molecule has 0 bridgehead atoms. The van der Waals surface area contributed by atoms with Gasteiger partial charge in [0.05, 0.1) is 4.70 Å². The molecule has 0 aliphatic carbocycles. The highest BCUT2D eigenvalue weighted by Gasteiger charge is 2.10. The first kappa shape index (κ1) is 12.0. The highest BCUT2D eigenvalue weighted by molar-refractivity contribution is 7.22. The molecule has 0 aliphatic rings. The van der Waals surface area contributed by atoms with Crippen LogP contribution in [0.3, 0.4) is 0 Å². The summed E-state index contributed by atoms with van der Waals surface area (Å²) in [5, 5.41) is 0.536. The number of benzene rings is 2. The summed E-state index contributed by atoms with van der Waals surface area (Å²) in [4.78, 5) is 11.6. The molecule has 3 aromatic rings. The Morgan fingerprint density at radius 1 is 1.05 bits per heavy atom. The second-order valence-electron chi connectivity index (χ2n) is 4.16. The van der Waals surface area contributed by atoms with Gasteiger partial charge in [-0.2, -0.15) is 0 Å². The summed E-state index contributed by atoms with van der Waals surface area (Å²) in [6, 6.07) is 10.9. The van der Waals surface area contributed by atoms with E-state index in [9.17, 15) is 13.6 Å². The Bertz CT molecular complexity index is 777. The van der Waals surface area contributed by atoms with Crippen LogP contribution in [0.4, 0.5) is 8.78 Å². The molecule has 19 heavy (non-hydrogen) atoms. The lowest BCUT2D eigenvalue weighted by Crippen LogP contribution is -1.79. The Balaban J connectivity index is 2.20. The van der Waals surface area contributed by atoms with Crippen molar-refractivity contribution in [2.45, 2.75) is 0 Å². The second-order valence-corrected chi connectivity index (χ2v) is 5.21. The summed E-state index contributed by atoms with van der Waals surface area (Å²) in [6.45, 7) is 0. The van der Waals surface area contributed by atoms with E-state index in [0.29, 0.717) is 15.6 Å². The molecule has 94 valence electrons. The van der Waals surface area contributed by atoms with Gasteiger partial charge >= 0.3 is 0 Å². The van der Waals surface area contributed by atoms with Crippen LogP contribution >= 0.6 is 11.3 Å². The number of carbonyl (C=O) groups excluding carboxylic acids is 1. The fourth-order valence-corrected chi connectivity index (χ4v) is 3.03. The first-order chi connectivity index (χ1) is 9.17. The molecule has 0 radical (unpaired) electrons. The molecule has 1 heterocycles. The Morgan fingerprint density at radius 2 is 1.89 bits per heavy atom. The van der Waals surface area contributed by atoms with Crippen LogP contribution in [0.2, 0.25) is 0 Å². The van der Waals surface area contributed by atoms with Crippen molar-refractivity contribution in [2.24, 2.45) is 0 Å². The molecule has 0 unspecified atom stereocenters. The van der Waals surface area contributed by atoms with Gasteiger partial charge in [0.25, 0.3) is 0 Å². The van der Waals surface area contributed by atoms with Crippen molar-refractivity contribution in [3.8, 4) is 10.4 Å². The van der Waals surface area contributed by atoms with Crippen LogP contribution in [0.25, 0.3) is 20.5 Å². The van der Waals surface area contributed by atoms with Gasteiger partial charge in [-0.05, 0) is 29.1 Å². The first-order valence-corrected chi connectivity index (χ1v) is 6.43. The Kier molecular flexibility index (Phi) is 2.87. The minimum atomic E-state index is -0.587. The maximum Gasteiger partial charge on any atom is 0.150 e. The van der Waals surface area contributed by atoms with Gasteiger partial charge in [0.2, 0.25) is 0 Å². The number of rotatable bonds is 2. The summed E-state index contributed by atoms with van der Waals surface area (Å²) in [6.07, 6.45) is 0.761. The van der Waals surface area contributed by atoms with Crippen LogP contribution in [-0.2, 0) is 0 Å². The van der Waals surface area contributed by atoms with E-state index in [1.165, 1.54) is 17.4 Å². The molecule has 0 amide bonds. The maximum atomic E-state index is 13.6. The van der Waals surface area contributed by atoms with Gasteiger partial charge in [0.15, 0.2) is 0 Å². The number of halogens is 2. The molecule has 2 aromatic carbocycles. The molecular formula is C15H8F2OS. The monoisotopic (exact) mass is 274 g/mol. The Hall–Kier alpha value is -2.07. The lowest BCUT2D eigenvalue weighted by atomic mass is 10.1. The van der Waals surface area contributed by atoms with Gasteiger partial charge in [-0.15, -0.1) is 11.3 Å². The molecule has 0 saturated carbocycles. The SMILES string of the molecule is O=Cc1cccc(-c2cc3cc(F)cc(F)c3s2)c1. The van der Waals surface area contributed by atoms with E-state index in [1.807, 2.05) is 6.07 Å². The van der Waals surface area contributed by atoms with Crippen molar-refractivity contribution in [1.82, 2.24) is 0 Å². The van der Waals surface area contributed by atoms with Gasteiger partial charge < -0.3 is 0 Å². The van der Waals surface area contributed by atoms with Crippen LogP contribution in [0, 0.1) is 11.6 Å². The quantitative estimate of drug-likeness (QED) is 0.621. The number of thiophene rings is 1. The van der Waals surface area contributed by atoms with Gasteiger partial charge in [0.1, 0.15) is 17.9 Å². The number of carbonyl (C=O) groups is 1. The maximum absolute atomic E-state index is 13.6. The van der Waals surface area contributed by atoms with Crippen molar-refractivity contribution < 1.29 is 13.6 Å². The summed E-state index contributed by atoms with van der Waals surface area (Å²) in [7, 11) is 0. The normalized spacial score (nSPS) is 10.8. The Labute approximate surface area is 112 Å².